The SMILES string of the molecule is CC(C)(C)OC(=O)N1[C@H](CF)[C@@H](c2ccc(-c3cnc(C#N)c(Cl)c3)cc2)OC1(C)C. The Balaban J connectivity index is 1.88. The molecule has 1 aromatic heterocycles. The molecule has 1 saturated heterocycles. The third-order valence-corrected chi connectivity index (χ3v) is 5.23. The quantitative estimate of drug-likeness (QED) is 0.609. The first-order valence-corrected chi connectivity index (χ1v) is 10.3. The van der Waals surface area contributed by atoms with E-state index in [4.69, 9.17) is 26.3 Å². The second kappa shape index (κ2) is 8.45. The van der Waals surface area contributed by atoms with E-state index in [-0.39, 0.29) is 10.7 Å². The monoisotopic (exact) mass is 445 g/mol. The molecule has 1 fully saturated rings. The van der Waals surface area contributed by atoms with Crippen LogP contribution in [0.5, 0.6) is 0 Å². The summed E-state index contributed by atoms with van der Waals surface area (Å²) in [5.74, 6) is 0. The zero-order chi connectivity index (χ0) is 23.0. The molecule has 0 N–H and O–H groups in total. The lowest BCUT2D eigenvalue weighted by atomic mass is 9.99. The van der Waals surface area contributed by atoms with E-state index in [2.05, 4.69) is 4.98 Å². The van der Waals surface area contributed by atoms with Gasteiger partial charge in [0.05, 0.1) is 11.1 Å². The van der Waals surface area contributed by atoms with Crippen LogP contribution in [0, 0.1) is 11.3 Å². The van der Waals surface area contributed by atoms with Crippen molar-refractivity contribution >= 4 is 17.7 Å². The van der Waals surface area contributed by atoms with Gasteiger partial charge in [-0.3, -0.25) is 4.90 Å². The molecule has 1 aliphatic rings. The van der Waals surface area contributed by atoms with Crippen LogP contribution in [0.4, 0.5) is 9.18 Å². The summed E-state index contributed by atoms with van der Waals surface area (Å²) in [6.07, 6.45) is 0.310. The van der Waals surface area contributed by atoms with Crippen molar-refractivity contribution in [3.05, 3.63) is 52.8 Å². The third-order valence-electron chi connectivity index (χ3n) is 4.94. The molecular weight excluding hydrogens is 421 g/mol. The van der Waals surface area contributed by atoms with E-state index in [1.165, 1.54) is 4.90 Å². The number of alkyl halides is 1. The predicted octanol–water partition coefficient (Wildman–Crippen LogP) is 5.66. The number of amides is 1. The lowest BCUT2D eigenvalue weighted by Crippen LogP contribution is -2.50. The molecule has 0 saturated carbocycles. The van der Waals surface area contributed by atoms with Gasteiger partial charge in [-0.25, -0.2) is 14.2 Å². The van der Waals surface area contributed by atoms with Crippen LogP contribution in [0.15, 0.2) is 36.5 Å². The van der Waals surface area contributed by atoms with E-state index < -0.39 is 36.2 Å². The standard InChI is InChI=1S/C23H25ClFN3O3/c1-22(2,3)31-21(29)28-19(11-25)20(30-23(28,4)5)15-8-6-14(7-9-15)16-10-17(24)18(12-26)27-13-16/h6-10,13,19-20H,11H2,1-5H3/t19-,20-/m1/s1. The normalized spacial score (nSPS) is 20.4. The van der Waals surface area contributed by atoms with Crippen molar-refractivity contribution in [3.8, 4) is 17.2 Å². The van der Waals surface area contributed by atoms with Gasteiger partial charge in [-0.05, 0) is 51.8 Å². The van der Waals surface area contributed by atoms with Gasteiger partial charge >= 0.3 is 6.09 Å². The molecule has 0 spiro atoms. The molecule has 3 rings (SSSR count). The number of aromatic nitrogens is 1. The molecule has 1 aromatic carbocycles. The highest BCUT2D eigenvalue weighted by molar-refractivity contribution is 6.31. The molecule has 0 radical (unpaired) electrons. The fraction of sp³-hybridized carbons (Fsp3) is 0.435. The van der Waals surface area contributed by atoms with Gasteiger partial charge in [0.2, 0.25) is 0 Å². The lowest BCUT2D eigenvalue weighted by Gasteiger charge is -2.34. The Morgan fingerprint density at radius 2 is 1.97 bits per heavy atom. The minimum atomic E-state index is -1.03. The van der Waals surface area contributed by atoms with E-state index in [0.717, 1.165) is 16.7 Å². The highest BCUT2D eigenvalue weighted by Crippen LogP contribution is 2.42. The van der Waals surface area contributed by atoms with Crippen molar-refractivity contribution in [2.24, 2.45) is 0 Å². The van der Waals surface area contributed by atoms with Gasteiger partial charge in [-0.2, -0.15) is 5.26 Å². The molecule has 6 nitrogen and oxygen atoms in total. The molecular formula is C23H25ClFN3O3. The Hall–Kier alpha value is -2.69. The van der Waals surface area contributed by atoms with Crippen LogP contribution in [0.1, 0.15) is 52.0 Å². The van der Waals surface area contributed by atoms with Crippen molar-refractivity contribution in [2.45, 2.75) is 58.1 Å². The summed E-state index contributed by atoms with van der Waals surface area (Å²) < 4.78 is 25.7. The maximum atomic E-state index is 14.1. The molecule has 164 valence electrons. The zero-order valence-corrected chi connectivity index (χ0v) is 18.9. The number of hydrogen-bond acceptors (Lipinski definition) is 5. The predicted molar refractivity (Wildman–Crippen MR) is 115 cm³/mol. The van der Waals surface area contributed by atoms with Gasteiger partial charge in [-0.1, -0.05) is 35.9 Å². The number of ether oxygens (including phenoxy) is 2. The van der Waals surface area contributed by atoms with Crippen LogP contribution in [-0.2, 0) is 9.47 Å². The van der Waals surface area contributed by atoms with Crippen molar-refractivity contribution in [1.29, 1.82) is 5.26 Å². The van der Waals surface area contributed by atoms with Gasteiger partial charge in [0.15, 0.2) is 5.69 Å². The Morgan fingerprint density at radius 3 is 2.48 bits per heavy atom. The molecule has 8 heteroatoms. The first kappa shape index (κ1) is 23.0. The molecule has 0 bridgehead atoms. The number of pyridine rings is 1. The van der Waals surface area contributed by atoms with Gasteiger partial charge in [0, 0.05) is 11.8 Å². The molecule has 31 heavy (non-hydrogen) atoms. The van der Waals surface area contributed by atoms with Crippen LogP contribution in [-0.4, -0.2) is 40.0 Å². The average Bonchev–Trinajstić information content (AvgIpc) is 2.97. The molecule has 1 amide bonds. The Bertz CT molecular complexity index is 1010. The fourth-order valence-electron chi connectivity index (χ4n) is 3.63. The number of nitriles is 1. The highest BCUT2D eigenvalue weighted by atomic mass is 35.5. The number of halogens is 2. The van der Waals surface area contributed by atoms with Crippen molar-refractivity contribution in [3.63, 3.8) is 0 Å². The van der Waals surface area contributed by atoms with Gasteiger partial charge in [0.25, 0.3) is 0 Å². The molecule has 1 aliphatic heterocycles. The van der Waals surface area contributed by atoms with E-state index in [1.807, 2.05) is 30.3 Å². The number of rotatable bonds is 3. The number of benzene rings is 1. The van der Waals surface area contributed by atoms with Gasteiger partial charge in [0.1, 0.15) is 30.2 Å². The number of nitrogens with zero attached hydrogens (tertiary/aromatic N) is 3. The summed E-state index contributed by atoms with van der Waals surface area (Å²) in [7, 11) is 0. The van der Waals surface area contributed by atoms with Crippen LogP contribution in [0.2, 0.25) is 5.02 Å². The van der Waals surface area contributed by atoms with E-state index >= 15 is 0 Å². The summed E-state index contributed by atoms with van der Waals surface area (Å²) in [6.45, 7) is 7.96. The van der Waals surface area contributed by atoms with E-state index in [9.17, 15) is 9.18 Å². The number of hydrogen-bond donors (Lipinski definition) is 0. The minimum absolute atomic E-state index is 0.164. The van der Waals surface area contributed by atoms with Gasteiger partial charge < -0.3 is 9.47 Å². The summed E-state index contributed by atoms with van der Waals surface area (Å²) >= 11 is 6.08. The summed E-state index contributed by atoms with van der Waals surface area (Å²) in [6, 6.07) is 10.1. The Morgan fingerprint density at radius 1 is 1.32 bits per heavy atom. The van der Waals surface area contributed by atoms with E-state index in [0.29, 0.717) is 0 Å². The first-order chi connectivity index (χ1) is 14.5. The molecule has 2 heterocycles. The number of carbonyl (C=O) groups is 1. The molecule has 0 aliphatic carbocycles. The van der Waals surface area contributed by atoms with Crippen molar-refractivity contribution in [1.82, 2.24) is 9.88 Å². The van der Waals surface area contributed by atoms with Crippen LogP contribution in [0.3, 0.4) is 0 Å². The Labute approximate surface area is 186 Å². The fourth-order valence-corrected chi connectivity index (χ4v) is 3.84. The first-order valence-electron chi connectivity index (χ1n) is 9.89. The molecule has 0 unspecified atom stereocenters. The van der Waals surface area contributed by atoms with E-state index in [1.54, 1.807) is 46.9 Å². The maximum Gasteiger partial charge on any atom is 0.413 e. The zero-order valence-electron chi connectivity index (χ0n) is 18.1. The second-order valence-corrected chi connectivity index (χ2v) is 9.25. The van der Waals surface area contributed by atoms with Crippen LogP contribution < -0.4 is 0 Å². The van der Waals surface area contributed by atoms with Crippen molar-refractivity contribution < 1.29 is 18.7 Å². The molecule has 2 aromatic rings. The highest BCUT2D eigenvalue weighted by Gasteiger charge is 2.51. The summed E-state index contributed by atoms with van der Waals surface area (Å²) in [5.41, 5.74) is 0.744. The summed E-state index contributed by atoms with van der Waals surface area (Å²) in [4.78, 5) is 18.1. The smallest absolute Gasteiger partial charge is 0.413 e. The van der Waals surface area contributed by atoms with Crippen molar-refractivity contribution in [2.75, 3.05) is 6.67 Å². The Kier molecular flexibility index (Phi) is 6.26. The maximum absolute atomic E-state index is 14.1. The topological polar surface area (TPSA) is 75.5 Å². The van der Waals surface area contributed by atoms with Crippen LogP contribution in [0.25, 0.3) is 11.1 Å². The lowest BCUT2D eigenvalue weighted by molar-refractivity contribution is -0.0797. The largest absolute Gasteiger partial charge is 0.444 e. The van der Waals surface area contributed by atoms with Gasteiger partial charge in [-0.15, -0.1) is 0 Å². The average molecular weight is 446 g/mol. The second-order valence-electron chi connectivity index (χ2n) is 8.85. The number of carbonyl (C=O) groups excluding carboxylic acids is 1. The van der Waals surface area contributed by atoms with Crippen LogP contribution >= 0.6 is 11.6 Å². The minimum Gasteiger partial charge on any atom is -0.444 e. The third kappa shape index (κ3) is 4.81. The summed E-state index contributed by atoms with van der Waals surface area (Å²) in [5, 5.41) is 9.25. The molecule has 2 atom stereocenters.